The molecule has 0 unspecified atom stereocenters. The van der Waals surface area contributed by atoms with E-state index < -0.39 is 0 Å². The molecule has 3 aromatic rings. The monoisotopic (exact) mass is 385 g/mol. The van der Waals surface area contributed by atoms with Crippen LogP contribution in [0.15, 0.2) is 52.6 Å². The van der Waals surface area contributed by atoms with Crippen molar-refractivity contribution in [2.24, 2.45) is 4.99 Å². The van der Waals surface area contributed by atoms with Gasteiger partial charge in [0.05, 0.1) is 30.6 Å². The predicted molar refractivity (Wildman–Crippen MR) is 106 cm³/mol. The summed E-state index contributed by atoms with van der Waals surface area (Å²) in [5.74, 6) is 1.76. The highest BCUT2D eigenvalue weighted by Gasteiger charge is 2.04. The van der Waals surface area contributed by atoms with E-state index in [1.807, 2.05) is 18.3 Å². The Kier molecular flexibility index (Phi) is 7.06. The highest BCUT2D eigenvalue weighted by Crippen LogP contribution is 2.15. The van der Waals surface area contributed by atoms with Crippen molar-refractivity contribution in [3.05, 3.63) is 71.3 Å². The lowest BCUT2D eigenvalue weighted by Gasteiger charge is -2.04. The molecule has 0 aliphatic carbocycles. The zero-order chi connectivity index (χ0) is 18.9. The number of hydrogen-bond donors (Lipinski definition) is 3. The molecule has 0 radical (unpaired) electrons. The molecular formula is C19H23N5O2S. The molecule has 3 rings (SSSR count). The first-order chi connectivity index (χ1) is 13.3. The Morgan fingerprint density at radius 1 is 1.37 bits per heavy atom. The lowest BCUT2D eigenvalue weighted by Crippen LogP contribution is -2.07. The van der Waals surface area contributed by atoms with E-state index in [2.05, 4.69) is 19.9 Å². The summed E-state index contributed by atoms with van der Waals surface area (Å²) in [6, 6.07) is 5.69. The molecule has 0 atom stereocenters. The molecule has 0 fully saturated rings. The Morgan fingerprint density at radius 2 is 2.30 bits per heavy atom. The maximum absolute atomic E-state index is 9.17. The number of pyridine rings is 1. The van der Waals surface area contributed by atoms with Crippen molar-refractivity contribution in [1.82, 2.24) is 15.0 Å². The lowest BCUT2D eigenvalue weighted by atomic mass is 10.1. The number of thioether (sulfide) groups is 1. The Balaban J connectivity index is 1.45. The average molecular weight is 385 g/mol. The summed E-state index contributed by atoms with van der Waals surface area (Å²) in [5.41, 5.74) is 11.1. The summed E-state index contributed by atoms with van der Waals surface area (Å²) in [4.78, 5) is 15.7. The number of nitrogens with one attached hydrogen (secondary N) is 1. The smallest absolute Gasteiger partial charge is 0.215 e. The fourth-order valence-electron chi connectivity index (χ4n) is 2.55. The van der Waals surface area contributed by atoms with Gasteiger partial charge in [0, 0.05) is 48.4 Å². The van der Waals surface area contributed by atoms with Crippen molar-refractivity contribution < 1.29 is 9.52 Å². The normalized spacial score (nSPS) is 11.8. The zero-order valence-electron chi connectivity index (χ0n) is 15.0. The van der Waals surface area contributed by atoms with Crippen molar-refractivity contribution in [3.63, 3.8) is 0 Å². The number of hydrogen-bond acceptors (Lipinski definition) is 7. The number of nitrogens with two attached hydrogens (primary N) is 1. The fourth-order valence-corrected chi connectivity index (χ4v) is 3.48. The van der Waals surface area contributed by atoms with Crippen molar-refractivity contribution in [3.8, 4) is 0 Å². The van der Waals surface area contributed by atoms with Crippen LogP contribution >= 0.6 is 11.8 Å². The first kappa shape index (κ1) is 19.2. The Morgan fingerprint density at radius 3 is 3.07 bits per heavy atom. The van der Waals surface area contributed by atoms with Gasteiger partial charge in [-0.3, -0.25) is 9.98 Å². The molecule has 0 saturated heterocycles. The van der Waals surface area contributed by atoms with E-state index in [9.17, 15) is 0 Å². The molecule has 7 nitrogen and oxygen atoms in total. The molecule has 0 aliphatic rings. The second kappa shape index (κ2) is 9.94. The van der Waals surface area contributed by atoms with Gasteiger partial charge in [-0.05, 0) is 23.8 Å². The van der Waals surface area contributed by atoms with Crippen LogP contribution in [-0.2, 0) is 18.8 Å². The number of rotatable bonds is 9. The van der Waals surface area contributed by atoms with Crippen molar-refractivity contribution in [2.45, 2.75) is 25.2 Å². The van der Waals surface area contributed by atoms with E-state index in [1.54, 1.807) is 36.6 Å². The van der Waals surface area contributed by atoms with Gasteiger partial charge in [-0.1, -0.05) is 6.07 Å². The van der Waals surface area contributed by atoms with Gasteiger partial charge < -0.3 is 20.2 Å². The van der Waals surface area contributed by atoms with E-state index in [0.717, 1.165) is 34.7 Å². The highest BCUT2D eigenvalue weighted by molar-refractivity contribution is 7.98. The molecule has 0 spiro atoms. The summed E-state index contributed by atoms with van der Waals surface area (Å²) in [5, 5.41) is 9.17. The Labute approximate surface area is 161 Å². The van der Waals surface area contributed by atoms with Crippen LogP contribution in [0.5, 0.6) is 0 Å². The minimum atomic E-state index is -0.0333. The third-order valence-electron chi connectivity index (χ3n) is 4.01. The maximum Gasteiger partial charge on any atom is 0.215 e. The second-order valence-electron chi connectivity index (χ2n) is 6.01. The first-order valence-electron chi connectivity index (χ1n) is 8.72. The van der Waals surface area contributed by atoms with Crippen LogP contribution in [0.3, 0.4) is 0 Å². The van der Waals surface area contributed by atoms with Crippen LogP contribution < -0.4 is 11.3 Å². The van der Waals surface area contributed by atoms with Gasteiger partial charge in [0.2, 0.25) is 5.55 Å². The number of aromatic amines is 1. The Hall–Kier alpha value is -2.58. The molecule has 4 N–H and O–H groups in total. The van der Waals surface area contributed by atoms with Gasteiger partial charge in [0.25, 0.3) is 0 Å². The van der Waals surface area contributed by atoms with Gasteiger partial charge in [0.1, 0.15) is 0 Å². The molecule has 0 amide bonds. The SMILES string of the molecule is Nc1cc(=NCCCSCc2[nH]cnc2CO)occ1Cc1cccnc1. The molecule has 0 aromatic carbocycles. The van der Waals surface area contributed by atoms with Crippen LogP contribution in [0, 0.1) is 0 Å². The van der Waals surface area contributed by atoms with Gasteiger partial charge in [-0.25, -0.2) is 4.98 Å². The molecule has 8 heteroatoms. The minimum Gasteiger partial charge on any atom is -0.447 e. The molecule has 27 heavy (non-hydrogen) atoms. The minimum absolute atomic E-state index is 0.0333. The molecule has 3 heterocycles. The third kappa shape index (κ3) is 5.70. The first-order valence-corrected chi connectivity index (χ1v) is 9.88. The van der Waals surface area contributed by atoms with E-state index in [0.29, 0.717) is 29.9 Å². The number of H-pyrrole nitrogens is 1. The summed E-state index contributed by atoms with van der Waals surface area (Å²) in [6.45, 7) is 0.641. The molecule has 0 saturated carbocycles. The fraction of sp³-hybridized carbons (Fsp3) is 0.316. The van der Waals surface area contributed by atoms with Gasteiger partial charge in [-0.15, -0.1) is 0 Å². The quantitative estimate of drug-likeness (QED) is 0.487. The molecule has 142 valence electrons. The number of anilines is 1. The van der Waals surface area contributed by atoms with Crippen LogP contribution in [0.25, 0.3) is 0 Å². The zero-order valence-corrected chi connectivity index (χ0v) is 15.8. The van der Waals surface area contributed by atoms with Gasteiger partial charge >= 0.3 is 0 Å². The molecular weight excluding hydrogens is 362 g/mol. The average Bonchev–Trinajstić information content (AvgIpc) is 3.15. The van der Waals surface area contributed by atoms with E-state index in [4.69, 9.17) is 15.3 Å². The van der Waals surface area contributed by atoms with E-state index in [-0.39, 0.29) is 6.61 Å². The number of aromatic nitrogens is 3. The standard InChI is InChI=1S/C19H23N5O2S/c20-16-8-19(26-11-15(16)7-14-3-1-4-21-9-14)22-5-2-6-27-12-18-17(10-25)23-13-24-18/h1,3-4,8-9,11,13,25H,2,5-7,10,12,20H2,(H,23,24). The van der Waals surface area contributed by atoms with Gasteiger partial charge in [-0.2, -0.15) is 11.8 Å². The van der Waals surface area contributed by atoms with E-state index in [1.165, 1.54) is 0 Å². The van der Waals surface area contributed by atoms with Crippen molar-refractivity contribution in [2.75, 3.05) is 18.0 Å². The number of aliphatic hydroxyl groups excluding tert-OH is 1. The highest BCUT2D eigenvalue weighted by atomic mass is 32.2. The van der Waals surface area contributed by atoms with Crippen LogP contribution in [0.2, 0.25) is 0 Å². The van der Waals surface area contributed by atoms with Gasteiger partial charge in [0.15, 0.2) is 0 Å². The number of nitrogens with zero attached hydrogens (tertiary/aromatic N) is 3. The number of nitrogen functional groups attached to an aromatic ring is 1. The topological polar surface area (TPSA) is 113 Å². The molecule has 0 aliphatic heterocycles. The van der Waals surface area contributed by atoms with Crippen LogP contribution in [0.4, 0.5) is 5.69 Å². The summed E-state index contributed by atoms with van der Waals surface area (Å²) >= 11 is 1.78. The number of imidazole rings is 1. The number of aliphatic hydroxyl groups is 1. The van der Waals surface area contributed by atoms with Crippen molar-refractivity contribution in [1.29, 1.82) is 0 Å². The van der Waals surface area contributed by atoms with Crippen LogP contribution in [-0.4, -0.2) is 32.4 Å². The summed E-state index contributed by atoms with van der Waals surface area (Å²) in [6.07, 6.45) is 8.47. The Bertz CT molecular complexity index is 908. The second-order valence-corrected chi connectivity index (χ2v) is 7.12. The predicted octanol–water partition coefficient (Wildman–Crippen LogP) is 2.29. The molecule has 3 aromatic heterocycles. The lowest BCUT2D eigenvalue weighted by molar-refractivity contribution is 0.276. The van der Waals surface area contributed by atoms with Crippen LogP contribution in [0.1, 0.15) is 28.9 Å². The summed E-state index contributed by atoms with van der Waals surface area (Å²) in [7, 11) is 0. The maximum atomic E-state index is 9.17. The van der Waals surface area contributed by atoms with E-state index >= 15 is 0 Å². The third-order valence-corrected chi connectivity index (χ3v) is 5.08. The molecule has 0 bridgehead atoms. The summed E-state index contributed by atoms with van der Waals surface area (Å²) < 4.78 is 5.59. The van der Waals surface area contributed by atoms with Crippen molar-refractivity contribution >= 4 is 17.4 Å². The largest absolute Gasteiger partial charge is 0.447 e.